The number of piperazine rings is 1. The molecule has 1 aromatic heterocycles. The summed E-state index contributed by atoms with van der Waals surface area (Å²) in [5.74, 6) is 2.66. The Morgan fingerprint density at radius 1 is 0.829 bits per heavy atom. The van der Waals surface area contributed by atoms with Gasteiger partial charge in [0.1, 0.15) is 11.5 Å². The normalized spacial score (nSPS) is 13.5. The Bertz CT molecular complexity index is 1290. The number of amides is 1. The number of carbonyl (C=O) groups excluding carboxylic acids is 1. The Labute approximate surface area is 204 Å². The van der Waals surface area contributed by atoms with Crippen LogP contribution < -0.4 is 14.4 Å². The molecule has 178 valence electrons. The fourth-order valence-corrected chi connectivity index (χ4v) is 4.27. The van der Waals surface area contributed by atoms with Crippen LogP contribution in [0.5, 0.6) is 11.5 Å². The molecule has 0 spiro atoms. The third kappa shape index (κ3) is 4.71. The molecule has 7 heteroatoms. The second-order valence-corrected chi connectivity index (χ2v) is 8.28. The van der Waals surface area contributed by atoms with Crippen LogP contribution in [0.1, 0.15) is 10.4 Å². The SMILES string of the molecule is COc1ccc(-c2cnc(-c3ccccc3C(=O)N3CCN(c4ccc(OC)cc4)CC3)o2)cc1. The number of hydrogen-bond acceptors (Lipinski definition) is 6. The summed E-state index contributed by atoms with van der Waals surface area (Å²) in [5.41, 5.74) is 3.30. The standard InChI is InChI=1S/C28H27N3O4/c1-33-22-11-7-20(8-12-22)26-19-29-27(35-26)24-5-3-4-6-25(24)28(32)31-17-15-30(16-18-31)21-9-13-23(34-2)14-10-21/h3-14,19H,15-18H2,1-2H3. The second-order valence-electron chi connectivity index (χ2n) is 8.28. The number of aromatic nitrogens is 1. The monoisotopic (exact) mass is 469 g/mol. The predicted octanol–water partition coefficient (Wildman–Crippen LogP) is 4.99. The highest BCUT2D eigenvalue weighted by Gasteiger charge is 2.25. The molecule has 0 unspecified atom stereocenters. The lowest BCUT2D eigenvalue weighted by molar-refractivity contribution is 0.0747. The van der Waals surface area contributed by atoms with Crippen LogP contribution in [0.3, 0.4) is 0 Å². The van der Waals surface area contributed by atoms with Crippen molar-refractivity contribution in [3.63, 3.8) is 0 Å². The third-order valence-corrected chi connectivity index (χ3v) is 6.27. The average Bonchev–Trinajstić information content (AvgIpc) is 3.43. The van der Waals surface area contributed by atoms with Gasteiger partial charge >= 0.3 is 0 Å². The van der Waals surface area contributed by atoms with Crippen molar-refractivity contribution < 1.29 is 18.7 Å². The average molecular weight is 470 g/mol. The number of methoxy groups -OCH3 is 2. The lowest BCUT2D eigenvalue weighted by Crippen LogP contribution is -2.48. The fraction of sp³-hybridized carbons (Fsp3) is 0.214. The summed E-state index contributed by atoms with van der Waals surface area (Å²) < 4.78 is 16.5. The molecule has 2 heterocycles. The molecule has 0 atom stereocenters. The molecule has 0 saturated carbocycles. The maximum absolute atomic E-state index is 13.5. The highest BCUT2D eigenvalue weighted by atomic mass is 16.5. The molecule has 1 aliphatic heterocycles. The van der Waals surface area contributed by atoms with E-state index in [2.05, 4.69) is 22.0 Å². The summed E-state index contributed by atoms with van der Waals surface area (Å²) >= 11 is 0. The number of anilines is 1. The first-order valence-corrected chi connectivity index (χ1v) is 11.5. The molecule has 0 radical (unpaired) electrons. The van der Waals surface area contributed by atoms with Crippen LogP contribution in [0.4, 0.5) is 5.69 Å². The molecule has 1 aliphatic rings. The van der Waals surface area contributed by atoms with E-state index >= 15 is 0 Å². The van der Waals surface area contributed by atoms with E-state index in [1.54, 1.807) is 20.4 Å². The van der Waals surface area contributed by atoms with Crippen LogP contribution in [-0.4, -0.2) is 56.2 Å². The number of rotatable bonds is 6. The van der Waals surface area contributed by atoms with Gasteiger partial charge in [-0.05, 0) is 60.7 Å². The fourth-order valence-electron chi connectivity index (χ4n) is 4.27. The molecule has 4 aromatic rings. The molecule has 0 aliphatic carbocycles. The number of oxazole rings is 1. The first-order valence-electron chi connectivity index (χ1n) is 11.5. The van der Waals surface area contributed by atoms with E-state index in [1.807, 2.05) is 65.6 Å². The molecule has 1 amide bonds. The number of hydrogen-bond donors (Lipinski definition) is 0. The molecule has 7 nitrogen and oxygen atoms in total. The van der Waals surface area contributed by atoms with E-state index in [-0.39, 0.29) is 5.91 Å². The first-order chi connectivity index (χ1) is 17.2. The van der Waals surface area contributed by atoms with Crippen LogP contribution in [0.25, 0.3) is 22.8 Å². The van der Waals surface area contributed by atoms with Crippen LogP contribution >= 0.6 is 0 Å². The summed E-state index contributed by atoms with van der Waals surface area (Å²) in [6, 6.07) is 23.1. The Hall–Kier alpha value is -4.26. The van der Waals surface area contributed by atoms with Crippen molar-refractivity contribution in [3.05, 3.63) is 84.6 Å². The Balaban J connectivity index is 1.31. The predicted molar refractivity (Wildman–Crippen MR) is 135 cm³/mol. The summed E-state index contributed by atoms with van der Waals surface area (Å²) in [4.78, 5) is 22.1. The van der Waals surface area contributed by atoms with Crippen molar-refractivity contribution in [1.82, 2.24) is 9.88 Å². The van der Waals surface area contributed by atoms with E-state index in [0.29, 0.717) is 35.9 Å². The van der Waals surface area contributed by atoms with Gasteiger partial charge in [-0.15, -0.1) is 0 Å². The lowest BCUT2D eigenvalue weighted by atomic mass is 10.1. The molecular weight excluding hydrogens is 442 g/mol. The number of ether oxygens (including phenoxy) is 2. The van der Waals surface area contributed by atoms with Gasteiger partial charge in [0.05, 0.1) is 26.0 Å². The molecular formula is C28H27N3O4. The molecule has 1 fully saturated rings. The maximum atomic E-state index is 13.5. The summed E-state index contributed by atoms with van der Waals surface area (Å²) in [6.07, 6.45) is 1.69. The number of benzene rings is 3. The second kappa shape index (κ2) is 9.93. The zero-order valence-corrected chi connectivity index (χ0v) is 19.8. The molecule has 1 saturated heterocycles. The Kier molecular flexibility index (Phi) is 6.39. The van der Waals surface area contributed by atoms with Crippen LogP contribution in [-0.2, 0) is 0 Å². The van der Waals surface area contributed by atoms with Crippen molar-refractivity contribution >= 4 is 11.6 Å². The van der Waals surface area contributed by atoms with E-state index in [9.17, 15) is 4.79 Å². The van der Waals surface area contributed by atoms with Crippen molar-refractivity contribution in [1.29, 1.82) is 0 Å². The molecule has 5 rings (SSSR count). The van der Waals surface area contributed by atoms with E-state index in [4.69, 9.17) is 13.9 Å². The van der Waals surface area contributed by atoms with Gasteiger partial charge in [-0.2, -0.15) is 0 Å². The number of carbonyl (C=O) groups is 1. The Morgan fingerprint density at radius 2 is 1.46 bits per heavy atom. The minimum Gasteiger partial charge on any atom is -0.497 e. The minimum atomic E-state index is -0.0146. The van der Waals surface area contributed by atoms with Gasteiger partial charge in [-0.25, -0.2) is 4.98 Å². The largest absolute Gasteiger partial charge is 0.497 e. The van der Waals surface area contributed by atoms with Crippen LogP contribution in [0.2, 0.25) is 0 Å². The van der Waals surface area contributed by atoms with Gasteiger partial charge in [-0.1, -0.05) is 12.1 Å². The lowest BCUT2D eigenvalue weighted by Gasteiger charge is -2.36. The smallest absolute Gasteiger partial charge is 0.254 e. The van der Waals surface area contributed by atoms with E-state index in [0.717, 1.165) is 35.8 Å². The van der Waals surface area contributed by atoms with Gasteiger partial charge in [0.2, 0.25) is 5.89 Å². The van der Waals surface area contributed by atoms with Crippen molar-refractivity contribution in [2.45, 2.75) is 0 Å². The molecule has 35 heavy (non-hydrogen) atoms. The third-order valence-electron chi connectivity index (χ3n) is 6.27. The summed E-state index contributed by atoms with van der Waals surface area (Å²) in [7, 11) is 3.30. The van der Waals surface area contributed by atoms with Gasteiger partial charge < -0.3 is 23.7 Å². The number of nitrogens with zero attached hydrogens (tertiary/aromatic N) is 3. The van der Waals surface area contributed by atoms with Gasteiger partial charge in [-0.3, -0.25) is 4.79 Å². The topological polar surface area (TPSA) is 68.0 Å². The minimum absolute atomic E-state index is 0.0146. The molecule has 0 N–H and O–H groups in total. The van der Waals surface area contributed by atoms with Gasteiger partial charge in [0, 0.05) is 43.0 Å². The molecule has 3 aromatic carbocycles. The van der Waals surface area contributed by atoms with Crippen LogP contribution in [0.15, 0.2) is 83.4 Å². The van der Waals surface area contributed by atoms with Crippen molar-refractivity contribution in [2.24, 2.45) is 0 Å². The van der Waals surface area contributed by atoms with Gasteiger partial charge in [0.15, 0.2) is 5.76 Å². The van der Waals surface area contributed by atoms with Crippen molar-refractivity contribution in [2.75, 3.05) is 45.3 Å². The van der Waals surface area contributed by atoms with E-state index in [1.165, 1.54) is 0 Å². The maximum Gasteiger partial charge on any atom is 0.254 e. The van der Waals surface area contributed by atoms with Crippen LogP contribution in [0, 0.1) is 0 Å². The zero-order chi connectivity index (χ0) is 24.2. The van der Waals surface area contributed by atoms with Gasteiger partial charge in [0.25, 0.3) is 5.91 Å². The van der Waals surface area contributed by atoms with E-state index < -0.39 is 0 Å². The quantitative estimate of drug-likeness (QED) is 0.396. The highest BCUT2D eigenvalue weighted by molar-refractivity contribution is 6.00. The highest BCUT2D eigenvalue weighted by Crippen LogP contribution is 2.30. The molecule has 0 bridgehead atoms. The summed E-state index contributed by atoms with van der Waals surface area (Å²) in [5, 5.41) is 0. The first kappa shape index (κ1) is 22.5. The Morgan fingerprint density at radius 3 is 2.11 bits per heavy atom. The summed E-state index contributed by atoms with van der Waals surface area (Å²) in [6.45, 7) is 2.81. The van der Waals surface area contributed by atoms with Crippen molar-refractivity contribution in [3.8, 4) is 34.3 Å². The zero-order valence-electron chi connectivity index (χ0n) is 19.8.